The minimum Gasteiger partial charge on any atom is -0.354 e. The number of piperazine rings is 1. The van der Waals surface area contributed by atoms with E-state index in [1.165, 1.54) is 31.3 Å². The lowest BCUT2D eigenvalue weighted by Crippen LogP contribution is -2.54. The summed E-state index contributed by atoms with van der Waals surface area (Å²) >= 11 is 0. The van der Waals surface area contributed by atoms with Crippen LogP contribution in [0, 0.1) is 11.3 Å². The van der Waals surface area contributed by atoms with Gasteiger partial charge in [0, 0.05) is 38.9 Å². The van der Waals surface area contributed by atoms with E-state index in [0.717, 1.165) is 45.0 Å². The third-order valence-electron chi connectivity index (χ3n) is 5.58. The number of amides is 1. The van der Waals surface area contributed by atoms with Crippen LogP contribution >= 0.6 is 0 Å². The number of nitrogens with one attached hydrogen (secondary N) is 1. The molecule has 1 amide bonds. The van der Waals surface area contributed by atoms with Crippen molar-refractivity contribution in [2.24, 2.45) is 0 Å². The number of allylic oxidation sites excluding steroid dienone is 1. The predicted octanol–water partition coefficient (Wildman–Crippen LogP) is 2.47. The average molecular weight is 367 g/mol. The van der Waals surface area contributed by atoms with Gasteiger partial charge < -0.3 is 10.2 Å². The lowest BCUT2D eigenvalue weighted by molar-refractivity contribution is -0.125. The number of carbonyl (C=O) groups excluding carboxylic acids is 1. The molecule has 1 saturated heterocycles. The number of aromatic nitrogens is 1. The third-order valence-corrected chi connectivity index (χ3v) is 5.58. The van der Waals surface area contributed by atoms with Crippen molar-refractivity contribution in [2.75, 3.05) is 37.6 Å². The van der Waals surface area contributed by atoms with Crippen molar-refractivity contribution in [3.63, 3.8) is 0 Å². The molecule has 6 nitrogen and oxygen atoms in total. The Morgan fingerprint density at radius 2 is 2.15 bits per heavy atom. The van der Waals surface area contributed by atoms with E-state index in [1.54, 1.807) is 18.3 Å². The van der Waals surface area contributed by atoms with Gasteiger partial charge in [-0.15, -0.1) is 0 Å². The molecule has 1 aliphatic heterocycles. The smallest absolute Gasteiger partial charge is 0.237 e. The Balaban J connectivity index is 1.45. The van der Waals surface area contributed by atoms with Crippen LogP contribution in [0.2, 0.25) is 0 Å². The molecule has 27 heavy (non-hydrogen) atoms. The highest BCUT2D eigenvalue weighted by molar-refractivity contribution is 5.81. The third kappa shape index (κ3) is 5.08. The monoisotopic (exact) mass is 367 g/mol. The Bertz CT molecular complexity index is 716. The minimum absolute atomic E-state index is 0.107. The predicted molar refractivity (Wildman–Crippen MR) is 106 cm³/mol. The molecular formula is C21H29N5O. The second kappa shape index (κ2) is 9.52. The average Bonchev–Trinajstić information content (AvgIpc) is 2.74. The second-order valence-electron chi connectivity index (χ2n) is 7.33. The molecule has 1 aromatic rings. The topological polar surface area (TPSA) is 72.3 Å². The first-order chi connectivity index (χ1) is 13.2. The highest BCUT2D eigenvalue weighted by Gasteiger charge is 2.26. The number of hydrogen-bond donors (Lipinski definition) is 1. The molecule has 3 rings (SSSR count). The Kier molecular flexibility index (Phi) is 6.83. The van der Waals surface area contributed by atoms with Crippen LogP contribution in [-0.2, 0) is 4.79 Å². The molecule has 0 radical (unpaired) electrons. The molecule has 1 N–H and O–H groups in total. The Labute approximate surface area is 161 Å². The van der Waals surface area contributed by atoms with Gasteiger partial charge in [0.2, 0.25) is 5.91 Å². The molecule has 6 heteroatoms. The minimum atomic E-state index is -0.133. The first-order valence-corrected chi connectivity index (χ1v) is 9.99. The summed E-state index contributed by atoms with van der Waals surface area (Å²) in [6, 6.07) is 5.66. The van der Waals surface area contributed by atoms with Gasteiger partial charge in [0.1, 0.15) is 11.9 Å². The van der Waals surface area contributed by atoms with Crippen LogP contribution in [0.25, 0.3) is 0 Å². The van der Waals surface area contributed by atoms with Gasteiger partial charge in [-0.05, 0) is 51.2 Å². The van der Waals surface area contributed by atoms with Gasteiger partial charge in [-0.25, -0.2) is 4.98 Å². The van der Waals surface area contributed by atoms with Crippen molar-refractivity contribution in [3.05, 3.63) is 35.5 Å². The van der Waals surface area contributed by atoms with Crippen LogP contribution in [0.15, 0.2) is 30.0 Å². The Morgan fingerprint density at radius 3 is 2.85 bits per heavy atom. The normalized spacial score (nSPS) is 19.1. The van der Waals surface area contributed by atoms with Crippen molar-refractivity contribution in [2.45, 2.75) is 45.1 Å². The lowest BCUT2D eigenvalue weighted by Gasteiger charge is -2.38. The van der Waals surface area contributed by atoms with Crippen LogP contribution in [0.3, 0.4) is 0 Å². The number of pyridine rings is 1. The first kappa shape index (κ1) is 19.4. The van der Waals surface area contributed by atoms with E-state index in [-0.39, 0.29) is 11.9 Å². The summed E-state index contributed by atoms with van der Waals surface area (Å²) in [7, 11) is 0. The number of anilines is 1. The molecule has 0 aromatic carbocycles. The zero-order chi connectivity index (χ0) is 19.1. The largest absolute Gasteiger partial charge is 0.354 e. The van der Waals surface area contributed by atoms with Gasteiger partial charge in [0.15, 0.2) is 0 Å². The van der Waals surface area contributed by atoms with Gasteiger partial charge in [-0.1, -0.05) is 11.6 Å². The summed E-state index contributed by atoms with van der Waals surface area (Å²) in [6.45, 7) is 5.84. The fourth-order valence-electron chi connectivity index (χ4n) is 3.85. The van der Waals surface area contributed by atoms with Gasteiger partial charge in [0.25, 0.3) is 0 Å². The maximum atomic E-state index is 12.5. The lowest BCUT2D eigenvalue weighted by atomic mass is 9.97. The van der Waals surface area contributed by atoms with Crippen LogP contribution in [0.1, 0.15) is 44.6 Å². The van der Waals surface area contributed by atoms with Crippen LogP contribution < -0.4 is 10.2 Å². The number of hydrogen-bond acceptors (Lipinski definition) is 5. The standard InChI is InChI=1S/C21H29N5O/c1-17(21(27)24-11-9-18-6-3-2-4-7-18)25-12-14-26(15-13-25)20-19(16-22)8-5-10-23-20/h5-6,8,10,17H,2-4,7,9,11-15H2,1H3,(H,24,27). The van der Waals surface area contributed by atoms with E-state index in [2.05, 4.69) is 32.2 Å². The van der Waals surface area contributed by atoms with Crippen molar-refractivity contribution in [1.82, 2.24) is 15.2 Å². The van der Waals surface area contributed by atoms with Gasteiger partial charge in [-0.2, -0.15) is 5.26 Å². The quantitative estimate of drug-likeness (QED) is 0.782. The van der Waals surface area contributed by atoms with E-state index in [1.807, 2.05) is 6.92 Å². The molecule has 2 aliphatic rings. The van der Waals surface area contributed by atoms with E-state index >= 15 is 0 Å². The number of nitrogens with zero attached hydrogens (tertiary/aromatic N) is 4. The van der Waals surface area contributed by atoms with Crippen molar-refractivity contribution in [3.8, 4) is 6.07 Å². The molecule has 0 spiro atoms. The summed E-state index contributed by atoms with van der Waals surface area (Å²) in [5, 5.41) is 12.4. The van der Waals surface area contributed by atoms with Gasteiger partial charge in [0.05, 0.1) is 11.6 Å². The molecule has 0 saturated carbocycles. The SMILES string of the molecule is CC(C(=O)NCCC1=CCCCC1)N1CCN(c2ncccc2C#N)CC1. The number of rotatable bonds is 6. The van der Waals surface area contributed by atoms with E-state index in [0.29, 0.717) is 5.56 Å². The Hall–Kier alpha value is -2.39. The molecule has 1 unspecified atom stereocenters. The van der Waals surface area contributed by atoms with Crippen LogP contribution in [0.5, 0.6) is 0 Å². The summed E-state index contributed by atoms with van der Waals surface area (Å²) in [4.78, 5) is 21.2. The molecular weight excluding hydrogens is 338 g/mol. The first-order valence-electron chi connectivity index (χ1n) is 9.99. The molecule has 1 aliphatic carbocycles. The van der Waals surface area contributed by atoms with E-state index in [4.69, 9.17) is 0 Å². The van der Waals surface area contributed by atoms with Gasteiger partial charge in [-0.3, -0.25) is 9.69 Å². The van der Waals surface area contributed by atoms with Crippen molar-refractivity contribution in [1.29, 1.82) is 5.26 Å². The molecule has 1 aromatic heterocycles. The van der Waals surface area contributed by atoms with Crippen LogP contribution in [0.4, 0.5) is 5.82 Å². The molecule has 0 bridgehead atoms. The van der Waals surface area contributed by atoms with Gasteiger partial charge >= 0.3 is 0 Å². The number of carbonyl (C=O) groups is 1. The zero-order valence-corrected chi connectivity index (χ0v) is 16.2. The highest BCUT2D eigenvalue weighted by atomic mass is 16.2. The van der Waals surface area contributed by atoms with Crippen molar-refractivity contribution < 1.29 is 4.79 Å². The molecule has 1 atom stereocenters. The fraction of sp³-hybridized carbons (Fsp3) is 0.571. The maximum Gasteiger partial charge on any atom is 0.237 e. The number of nitriles is 1. The Morgan fingerprint density at radius 1 is 1.33 bits per heavy atom. The second-order valence-corrected chi connectivity index (χ2v) is 7.33. The molecule has 144 valence electrons. The molecule has 1 fully saturated rings. The highest BCUT2D eigenvalue weighted by Crippen LogP contribution is 2.20. The van der Waals surface area contributed by atoms with E-state index < -0.39 is 0 Å². The van der Waals surface area contributed by atoms with Crippen molar-refractivity contribution >= 4 is 11.7 Å². The summed E-state index contributed by atoms with van der Waals surface area (Å²) in [5.41, 5.74) is 2.10. The fourth-order valence-corrected chi connectivity index (χ4v) is 3.85. The summed E-state index contributed by atoms with van der Waals surface area (Å²) in [5.74, 6) is 0.855. The zero-order valence-electron chi connectivity index (χ0n) is 16.2. The summed E-state index contributed by atoms with van der Waals surface area (Å²) in [6.07, 6.45) is 9.99. The van der Waals surface area contributed by atoms with E-state index in [9.17, 15) is 10.1 Å². The maximum absolute atomic E-state index is 12.5. The molecule has 2 heterocycles. The van der Waals surface area contributed by atoms with Crippen LogP contribution in [-0.4, -0.2) is 54.6 Å². The summed E-state index contributed by atoms with van der Waals surface area (Å²) < 4.78 is 0.